The Morgan fingerprint density at radius 2 is 1.71 bits per heavy atom. The van der Waals surface area contributed by atoms with Gasteiger partial charge in [0.15, 0.2) is 12.2 Å². The predicted molar refractivity (Wildman–Crippen MR) is 114 cm³/mol. The van der Waals surface area contributed by atoms with Crippen LogP contribution in [0.1, 0.15) is 26.3 Å². The molecule has 7 heteroatoms. The first kappa shape index (κ1) is 20.8. The molecule has 1 aliphatic heterocycles. The standard InChI is InChI=1S/C24H24N2O5/c1-16(22(27)26-14-24(2,3)31-23(26)28)29-13-17-4-6-18(7-5-17)19-8-10-20(11-9-19)21-12-25-15-30-21/h4-12,15-16H,13-14H2,1-3H3/t16-/m0/s1. The Balaban J connectivity index is 1.34. The highest BCUT2D eigenvalue weighted by Crippen LogP contribution is 2.26. The fraction of sp³-hybridized carbons (Fsp3) is 0.292. The largest absolute Gasteiger partial charge is 0.444 e. The molecule has 0 aliphatic carbocycles. The third kappa shape index (κ3) is 4.67. The van der Waals surface area contributed by atoms with Crippen molar-refractivity contribution < 1.29 is 23.5 Å². The van der Waals surface area contributed by atoms with Crippen molar-refractivity contribution in [2.24, 2.45) is 0 Å². The number of hydrogen-bond acceptors (Lipinski definition) is 6. The second-order valence-corrected chi connectivity index (χ2v) is 8.15. The number of imide groups is 1. The number of amides is 2. The van der Waals surface area contributed by atoms with Gasteiger partial charge in [0.05, 0.1) is 19.3 Å². The van der Waals surface area contributed by atoms with E-state index in [1.54, 1.807) is 27.0 Å². The number of benzene rings is 2. The van der Waals surface area contributed by atoms with Gasteiger partial charge >= 0.3 is 6.09 Å². The summed E-state index contributed by atoms with van der Waals surface area (Å²) in [5.41, 5.74) is 3.38. The molecule has 0 N–H and O–H groups in total. The topological polar surface area (TPSA) is 81.9 Å². The highest BCUT2D eigenvalue weighted by molar-refractivity contribution is 5.95. The molecule has 2 aromatic carbocycles. The van der Waals surface area contributed by atoms with E-state index in [2.05, 4.69) is 4.98 Å². The van der Waals surface area contributed by atoms with E-state index in [4.69, 9.17) is 13.9 Å². The first-order valence-electron chi connectivity index (χ1n) is 10.1. The van der Waals surface area contributed by atoms with Crippen molar-refractivity contribution in [3.8, 4) is 22.5 Å². The van der Waals surface area contributed by atoms with E-state index >= 15 is 0 Å². The number of cyclic esters (lactones) is 1. The zero-order valence-corrected chi connectivity index (χ0v) is 17.7. The molecule has 0 unspecified atom stereocenters. The minimum Gasteiger partial charge on any atom is -0.444 e. The van der Waals surface area contributed by atoms with Crippen LogP contribution in [0.4, 0.5) is 4.79 Å². The third-order valence-corrected chi connectivity index (χ3v) is 5.13. The van der Waals surface area contributed by atoms with Gasteiger partial charge in [0.25, 0.3) is 5.91 Å². The molecule has 0 bridgehead atoms. The molecular formula is C24H24N2O5. The summed E-state index contributed by atoms with van der Waals surface area (Å²) in [6.45, 7) is 5.68. The molecule has 4 rings (SSSR count). The van der Waals surface area contributed by atoms with E-state index in [9.17, 15) is 9.59 Å². The molecule has 0 saturated carbocycles. The molecule has 3 aromatic rings. The summed E-state index contributed by atoms with van der Waals surface area (Å²) >= 11 is 0. The van der Waals surface area contributed by atoms with Gasteiger partial charge in [0, 0.05) is 5.56 Å². The summed E-state index contributed by atoms with van der Waals surface area (Å²) in [5.74, 6) is 0.340. The summed E-state index contributed by atoms with van der Waals surface area (Å²) in [6, 6.07) is 16.0. The maximum Gasteiger partial charge on any atom is 0.417 e. The lowest BCUT2D eigenvalue weighted by Crippen LogP contribution is -2.40. The van der Waals surface area contributed by atoms with Crippen LogP contribution in [0, 0.1) is 0 Å². The van der Waals surface area contributed by atoms with Gasteiger partial charge < -0.3 is 13.9 Å². The maximum atomic E-state index is 12.5. The lowest BCUT2D eigenvalue weighted by atomic mass is 10.0. The number of hydrogen-bond donors (Lipinski definition) is 0. The van der Waals surface area contributed by atoms with E-state index < -0.39 is 17.8 Å². The van der Waals surface area contributed by atoms with Crippen molar-refractivity contribution in [1.82, 2.24) is 9.88 Å². The smallest absolute Gasteiger partial charge is 0.417 e. The van der Waals surface area contributed by atoms with E-state index in [0.29, 0.717) is 0 Å². The molecular weight excluding hydrogens is 396 g/mol. The first-order chi connectivity index (χ1) is 14.8. The van der Waals surface area contributed by atoms with Crippen LogP contribution in [0.5, 0.6) is 0 Å². The lowest BCUT2D eigenvalue weighted by Gasteiger charge is -2.18. The molecule has 1 aliphatic rings. The average molecular weight is 420 g/mol. The lowest BCUT2D eigenvalue weighted by molar-refractivity contribution is -0.139. The van der Waals surface area contributed by atoms with Crippen LogP contribution in [0.2, 0.25) is 0 Å². The van der Waals surface area contributed by atoms with Gasteiger partial charge in [-0.1, -0.05) is 48.5 Å². The number of carbonyl (C=O) groups is 2. The highest BCUT2D eigenvalue weighted by Gasteiger charge is 2.42. The summed E-state index contributed by atoms with van der Waals surface area (Å²) in [4.78, 5) is 29.4. The summed E-state index contributed by atoms with van der Waals surface area (Å²) in [7, 11) is 0. The van der Waals surface area contributed by atoms with E-state index in [0.717, 1.165) is 32.9 Å². The molecule has 0 spiro atoms. The van der Waals surface area contributed by atoms with Crippen LogP contribution >= 0.6 is 0 Å². The van der Waals surface area contributed by atoms with Gasteiger partial charge in [0.2, 0.25) is 0 Å². The predicted octanol–water partition coefficient (Wildman–Crippen LogP) is 4.67. The van der Waals surface area contributed by atoms with E-state index in [1.165, 1.54) is 6.39 Å². The van der Waals surface area contributed by atoms with Gasteiger partial charge in [-0.15, -0.1) is 0 Å². The van der Waals surface area contributed by atoms with Crippen LogP contribution in [0.25, 0.3) is 22.5 Å². The van der Waals surface area contributed by atoms with Crippen molar-refractivity contribution in [3.63, 3.8) is 0 Å². The minimum atomic E-state index is -0.746. The van der Waals surface area contributed by atoms with Crippen molar-refractivity contribution in [2.45, 2.75) is 39.1 Å². The Morgan fingerprint density at radius 1 is 1.10 bits per heavy atom. The average Bonchev–Trinajstić information content (AvgIpc) is 3.39. The van der Waals surface area contributed by atoms with Gasteiger partial charge in [0.1, 0.15) is 11.7 Å². The van der Waals surface area contributed by atoms with Crippen LogP contribution in [-0.4, -0.2) is 40.1 Å². The Hall–Kier alpha value is -3.45. The summed E-state index contributed by atoms with van der Waals surface area (Å²) in [5, 5.41) is 0. The van der Waals surface area contributed by atoms with Crippen molar-refractivity contribution in [1.29, 1.82) is 0 Å². The molecule has 1 saturated heterocycles. The molecule has 2 amide bonds. The Bertz CT molecular complexity index is 1060. The second-order valence-electron chi connectivity index (χ2n) is 8.15. The molecule has 0 radical (unpaired) electrons. The van der Waals surface area contributed by atoms with Crippen LogP contribution < -0.4 is 0 Å². The van der Waals surface area contributed by atoms with Crippen LogP contribution in [0.3, 0.4) is 0 Å². The molecule has 2 heterocycles. The number of rotatable bonds is 6. The number of aromatic nitrogens is 1. The summed E-state index contributed by atoms with van der Waals surface area (Å²) in [6.07, 6.45) is 1.73. The monoisotopic (exact) mass is 420 g/mol. The van der Waals surface area contributed by atoms with Gasteiger partial charge in [-0.3, -0.25) is 4.79 Å². The number of carbonyl (C=O) groups excluding carboxylic acids is 2. The Kier molecular flexibility index (Phi) is 5.61. The molecule has 31 heavy (non-hydrogen) atoms. The molecule has 7 nitrogen and oxygen atoms in total. The maximum absolute atomic E-state index is 12.5. The van der Waals surface area contributed by atoms with Gasteiger partial charge in [-0.2, -0.15) is 0 Å². The van der Waals surface area contributed by atoms with Gasteiger partial charge in [-0.05, 0) is 37.5 Å². The van der Waals surface area contributed by atoms with E-state index in [-0.39, 0.29) is 19.1 Å². The number of oxazole rings is 1. The fourth-order valence-corrected chi connectivity index (χ4v) is 3.43. The third-order valence-electron chi connectivity index (χ3n) is 5.13. The second kappa shape index (κ2) is 8.35. The van der Waals surface area contributed by atoms with Gasteiger partial charge in [-0.25, -0.2) is 14.7 Å². The van der Waals surface area contributed by atoms with E-state index in [1.807, 2.05) is 48.5 Å². The molecule has 160 valence electrons. The van der Waals surface area contributed by atoms with Crippen LogP contribution in [-0.2, 0) is 20.9 Å². The highest BCUT2D eigenvalue weighted by atomic mass is 16.6. The fourth-order valence-electron chi connectivity index (χ4n) is 3.43. The molecule has 1 fully saturated rings. The van der Waals surface area contributed by atoms with Crippen molar-refractivity contribution in [3.05, 3.63) is 66.7 Å². The zero-order chi connectivity index (χ0) is 22.0. The minimum absolute atomic E-state index is 0.224. The van der Waals surface area contributed by atoms with Crippen molar-refractivity contribution >= 4 is 12.0 Å². The molecule has 1 aromatic heterocycles. The number of nitrogens with zero attached hydrogens (tertiary/aromatic N) is 2. The first-order valence-corrected chi connectivity index (χ1v) is 10.1. The number of ether oxygens (including phenoxy) is 2. The molecule has 1 atom stereocenters. The zero-order valence-electron chi connectivity index (χ0n) is 17.7. The Labute approximate surface area is 180 Å². The summed E-state index contributed by atoms with van der Waals surface area (Å²) < 4.78 is 16.2. The van der Waals surface area contributed by atoms with Crippen molar-refractivity contribution in [2.75, 3.05) is 6.54 Å². The SMILES string of the molecule is C[C@H](OCc1ccc(-c2ccc(-c3cnco3)cc2)cc1)C(=O)N1CC(C)(C)OC1=O. The Morgan fingerprint density at radius 3 is 2.26 bits per heavy atom. The normalized spacial score (nSPS) is 16.2. The quantitative estimate of drug-likeness (QED) is 0.576. The van der Waals surface area contributed by atoms with Crippen LogP contribution in [0.15, 0.2) is 65.5 Å².